The van der Waals surface area contributed by atoms with Gasteiger partial charge in [-0.05, 0) is 95.0 Å². The second kappa shape index (κ2) is 12.6. The first-order chi connectivity index (χ1) is 18.5. The Labute approximate surface area is 238 Å². The van der Waals surface area contributed by atoms with E-state index in [4.69, 9.17) is 27.9 Å². The number of amides is 1. The van der Waals surface area contributed by atoms with Crippen LogP contribution in [0, 0.1) is 0 Å². The first kappa shape index (κ1) is 27.8. The Morgan fingerprint density at radius 3 is 2.47 bits per heavy atom. The molecule has 0 spiro atoms. The molecule has 3 aliphatic heterocycles. The van der Waals surface area contributed by atoms with Crippen molar-refractivity contribution in [2.45, 2.75) is 62.8 Å². The third kappa shape index (κ3) is 6.33. The third-order valence-electron chi connectivity index (χ3n) is 9.14. The van der Waals surface area contributed by atoms with Gasteiger partial charge < -0.3 is 19.4 Å². The van der Waals surface area contributed by atoms with Gasteiger partial charge in [0.15, 0.2) is 0 Å². The summed E-state index contributed by atoms with van der Waals surface area (Å²) in [4.78, 5) is 20.8. The number of carbonyl (C=O) groups excluding carboxylic acids is 1. The fraction of sp³-hybridized carbons (Fsp3) is 0.581. The first-order valence-electron chi connectivity index (χ1n) is 14.3. The molecular weight excluding hydrogens is 517 g/mol. The summed E-state index contributed by atoms with van der Waals surface area (Å²) in [6, 6.07) is 14.6. The minimum absolute atomic E-state index is 0.117. The lowest BCUT2D eigenvalue weighted by molar-refractivity contribution is -0.129. The smallest absolute Gasteiger partial charge is 0.227 e. The maximum Gasteiger partial charge on any atom is 0.227 e. The van der Waals surface area contributed by atoms with Crippen molar-refractivity contribution in [1.82, 2.24) is 14.7 Å². The summed E-state index contributed by atoms with van der Waals surface area (Å²) in [6.45, 7) is 7.40. The van der Waals surface area contributed by atoms with Crippen LogP contribution in [0.5, 0.6) is 5.75 Å². The number of nitrogens with zero attached hydrogens (tertiary/aromatic N) is 3. The fourth-order valence-electron chi connectivity index (χ4n) is 6.78. The Balaban J connectivity index is 1.25. The number of methoxy groups -OCH3 is 1. The lowest BCUT2D eigenvalue weighted by Gasteiger charge is -2.41. The Hall–Kier alpha value is -1.79. The predicted octanol–water partition coefficient (Wildman–Crippen LogP) is 6.06. The molecule has 2 aromatic carbocycles. The summed E-state index contributed by atoms with van der Waals surface area (Å²) in [7, 11) is 1.66. The summed E-state index contributed by atoms with van der Waals surface area (Å²) in [5.74, 6) is 0.919. The number of benzene rings is 2. The van der Waals surface area contributed by atoms with Crippen LogP contribution in [-0.4, -0.2) is 79.6 Å². The normalized spacial score (nSPS) is 23.6. The molecule has 3 heterocycles. The standard InChI is InChI=1S/C31H41Cl2N3O2/c1-38-29-8-4-3-7-24(29)21-30(37)36-20-14-31(23-36,25-9-10-27(32)28(33)22-25)13-19-34-17-11-26(12-18-34)35-15-5-2-6-16-35/h3-4,7-10,22,26H,2,5-6,11-21,23H2,1H3/t31-/m1/s1. The Kier molecular flexibility index (Phi) is 9.20. The zero-order valence-corrected chi connectivity index (χ0v) is 24.2. The van der Waals surface area contributed by atoms with Crippen molar-refractivity contribution in [2.24, 2.45) is 0 Å². The van der Waals surface area contributed by atoms with E-state index in [-0.39, 0.29) is 11.3 Å². The SMILES string of the molecule is COc1ccccc1CC(=O)N1CC[C@@](CCN2CCC(N3CCCCC3)CC2)(c2ccc(Cl)c(Cl)c2)C1. The molecule has 0 N–H and O–H groups in total. The second-order valence-electron chi connectivity index (χ2n) is 11.4. The minimum Gasteiger partial charge on any atom is -0.496 e. The van der Waals surface area contributed by atoms with E-state index < -0.39 is 0 Å². The molecule has 0 aromatic heterocycles. The second-order valence-corrected chi connectivity index (χ2v) is 12.2. The van der Waals surface area contributed by atoms with Gasteiger partial charge in [-0.25, -0.2) is 0 Å². The maximum absolute atomic E-state index is 13.4. The predicted molar refractivity (Wildman–Crippen MR) is 156 cm³/mol. The fourth-order valence-corrected chi connectivity index (χ4v) is 7.08. The van der Waals surface area contributed by atoms with Crippen LogP contribution in [-0.2, 0) is 16.6 Å². The van der Waals surface area contributed by atoms with Gasteiger partial charge in [-0.2, -0.15) is 0 Å². The number of para-hydroxylation sites is 1. The van der Waals surface area contributed by atoms with E-state index in [1.807, 2.05) is 41.3 Å². The molecule has 206 valence electrons. The molecule has 0 bridgehead atoms. The van der Waals surface area contributed by atoms with Gasteiger partial charge in [-0.3, -0.25) is 4.79 Å². The van der Waals surface area contributed by atoms with Gasteiger partial charge in [0.1, 0.15) is 5.75 Å². The van der Waals surface area contributed by atoms with Crippen LogP contribution in [0.2, 0.25) is 10.0 Å². The molecule has 0 radical (unpaired) electrons. The molecule has 2 aromatic rings. The van der Waals surface area contributed by atoms with Crippen LogP contribution in [0.25, 0.3) is 0 Å². The van der Waals surface area contributed by atoms with E-state index in [1.54, 1.807) is 7.11 Å². The van der Waals surface area contributed by atoms with Crippen molar-refractivity contribution in [3.63, 3.8) is 0 Å². The highest BCUT2D eigenvalue weighted by atomic mass is 35.5. The van der Waals surface area contributed by atoms with Gasteiger partial charge >= 0.3 is 0 Å². The van der Waals surface area contributed by atoms with Crippen LogP contribution >= 0.6 is 23.2 Å². The van der Waals surface area contributed by atoms with E-state index in [9.17, 15) is 4.79 Å². The Bertz CT molecular complexity index is 1100. The van der Waals surface area contributed by atoms with E-state index in [2.05, 4.69) is 15.9 Å². The number of carbonyl (C=O) groups is 1. The van der Waals surface area contributed by atoms with E-state index in [0.29, 0.717) is 23.0 Å². The molecule has 0 unspecified atom stereocenters. The zero-order chi connectivity index (χ0) is 26.5. The van der Waals surface area contributed by atoms with Gasteiger partial charge in [0.2, 0.25) is 5.91 Å². The highest BCUT2D eigenvalue weighted by molar-refractivity contribution is 6.42. The lowest BCUT2D eigenvalue weighted by atomic mass is 9.76. The number of halogens is 2. The minimum atomic E-state index is -0.117. The summed E-state index contributed by atoms with van der Waals surface area (Å²) >= 11 is 12.8. The van der Waals surface area contributed by atoms with E-state index >= 15 is 0 Å². The zero-order valence-electron chi connectivity index (χ0n) is 22.6. The quantitative estimate of drug-likeness (QED) is 0.395. The summed E-state index contributed by atoms with van der Waals surface area (Å²) in [5.41, 5.74) is 2.01. The number of ether oxygens (including phenoxy) is 1. The molecule has 7 heteroatoms. The number of hydrogen-bond donors (Lipinski definition) is 0. The highest BCUT2D eigenvalue weighted by Crippen LogP contribution is 2.41. The average molecular weight is 559 g/mol. The van der Waals surface area contributed by atoms with Crippen LogP contribution in [0.3, 0.4) is 0 Å². The molecule has 3 aliphatic rings. The van der Waals surface area contributed by atoms with Gasteiger partial charge in [0.05, 0.1) is 23.6 Å². The maximum atomic E-state index is 13.4. The van der Waals surface area contributed by atoms with Crippen molar-refractivity contribution in [3.8, 4) is 5.75 Å². The monoisotopic (exact) mass is 557 g/mol. The summed E-state index contributed by atoms with van der Waals surface area (Å²) in [5, 5.41) is 1.16. The number of hydrogen-bond acceptors (Lipinski definition) is 4. The van der Waals surface area contributed by atoms with E-state index in [1.165, 1.54) is 50.8 Å². The van der Waals surface area contributed by atoms with Crippen LogP contribution in [0.1, 0.15) is 56.1 Å². The average Bonchev–Trinajstić information content (AvgIpc) is 3.40. The van der Waals surface area contributed by atoms with Crippen LogP contribution in [0.4, 0.5) is 0 Å². The molecule has 0 saturated carbocycles. The summed E-state index contributed by atoms with van der Waals surface area (Å²) in [6.07, 6.45) is 8.95. The molecule has 38 heavy (non-hydrogen) atoms. The van der Waals surface area contributed by atoms with Crippen LogP contribution in [0.15, 0.2) is 42.5 Å². The van der Waals surface area contributed by atoms with E-state index in [0.717, 1.165) is 56.4 Å². The number of rotatable bonds is 8. The van der Waals surface area contributed by atoms with Gasteiger partial charge in [-0.1, -0.05) is 53.9 Å². The van der Waals surface area contributed by atoms with Crippen molar-refractivity contribution < 1.29 is 9.53 Å². The third-order valence-corrected chi connectivity index (χ3v) is 9.88. The van der Waals surface area contributed by atoms with Gasteiger partial charge in [0, 0.05) is 30.1 Å². The molecular formula is C31H41Cl2N3O2. The largest absolute Gasteiger partial charge is 0.496 e. The molecule has 5 rings (SSSR count). The molecule has 3 saturated heterocycles. The topological polar surface area (TPSA) is 36.0 Å². The van der Waals surface area contributed by atoms with Gasteiger partial charge in [0.25, 0.3) is 0 Å². The number of likely N-dealkylation sites (tertiary alicyclic amines) is 3. The lowest BCUT2D eigenvalue weighted by Crippen LogP contribution is -2.47. The molecule has 0 aliphatic carbocycles. The van der Waals surface area contributed by atoms with Crippen molar-refractivity contribution in [3.05, 3.63) is 63.6 Å². The highest BCUT2D eigenvalue weighted by Gasteiger charge is 2.42. The molecule has 1 atom stereocenters. The Morgan fingerprint density at radius 2 is 1.74 bits per heavy atom. The van der Waals surface area contributed by atoms with Gasteiger partial charge in [-0.15, -0.1) is 0 Å². The van der Waals surface area contributed by atoms with Crippen LogP contribution < -0.4 is 4.74 Å². The molecule has 1 amide bonds. The molecule has 5 nitrogen and oxygen atoms in total. The molecule has 3 fully saturated rings. The van der Waals surface area contributed by atoms with Crippen molar-refractivity contribution >= 4 is 29.1 Å². The number of piperidine rings is 2. The summed E-state index contributed by atoms with van der Waals surface area (Å²) < 4.78 is 5.49. The Morgan fingerprint density at radius 1 is 0.974 bits per heavy atom. The van der Waals surface area contributed by atoms with Crippen molar-refractivity contribution in [1.29, 1.82) is 0 Å². The first-order valence-corrected chi connectivity index (χ1v) is 15.0. The van der Waals surface area contributed by atoms with Crippen molar-refractivity contribution in [2.75, 3.05) is 52.9 Å².